The van der Waals surface area contributed by atoms with Crippen molar-refractivity contribution < 1.29 is 13.9 Å². The van der Waals surface area contributed by atoms with Crippen LogP contribution in [0.15, 0.2) is 6.33 Å². The van der Waals surface area contributed by atoms with Gasteiger partial charge in [-0.3, -0.25) is 4.39 Å². The molecular formula is C13H21FN4O2. The van der Waals surface area contributed by atoms with Crippen LogP contribution in [-0.2, 0) is 18.2 Å². The molecule has 2 heterocycles. The Labute approximate surface area is 117 Å². The summed E-state index contributed by atoms with van der Waals surface area (Å²) in [6, 6.07) is 0. The van der Waals surface area contributed by atoms with Gasteiger partial charge in [-0.15, -0.1) is 10.2 Å². The molecule has 7 heteroatoms. The number of halogens is 1. The van der Waals surface area contributed by atoms with Crippen LogP contribution in [0.5, 0.6) is 0 Å². The Morgan fingerprint density at radius 1 is 1.50 bits per heavy atom. The van der Waals surface area contributed by atoms with Gasteiger partial charge in [-0.25, -0.2) is 4.79 Å². The molecule has 0 saturated carbocycles. The van der Waals surface area contributed by atoms with E-state index in [0.29, 0.717) is 19.0 Å². The smallest absolute Gasteiger partial charge is 0.409 e. The summed E-state index contributed by atoms with van der Waals surface area (Å²) in [5.74, 6) is 1.50. The molecule has 1 saturated heterocycles. The molecule has 20 heavy (non-hydrogen) atoms. The average Bonchev–Trinajstić information content (AvgIpc) is 2.85. The summed E-state index contributed by atoms with van der Waals surface area (Å²) in [6.07, 6.45) is 4.41. The topological polar surface area (TPSA) is 60.2 Å². The molecule has 2 rings (SSSR count). The summed E-state index contributed by atoms with van der Waals surface area (Å²) in [7, 11) is 1.94. The first kappa shape index (κ1) is 14.7. The lowest BCUT2D eigenvalue weighted by Gasteiger charge is -2.31. The molecule has 1 aromatic heterocycles. The second-order valence-corrected chi connectivity index (χ2v) is 5.15. The van der Waals surface area contributed by atoms with E-state index < -0.39 is 6.67 Å². The number of rotatable bonds is 5. The van der Waals surface area contributed by atoms with E-state index in [1.54, 1.807) is 11.2 Å². The van der Waals surface area contributed by atoms with Crippen molar-refractivity contribution in [2.24, 2.45) is 13.0 Å². The molecule has 1 amide bonds. The number of nitrogens with zero attached hydrogens (tertiary/aromatic N) is 4. The molecule has 1 aromatic rings. The Bertz CT molecular complexity index is 430. The number of piperidine rings is 1. The van der Waals surface area contributed by atoms with E-state index in [1.807, 2.05) is 11.6 Å². The van der Waals surface area contributed by atoms with E-state index in [0.717, 1.165) is 25.1 Å². The highest BCUT2D eigenvalue weighted by atomic mass is 19.1. The van der Waals surface area contributed by atoms with E-state index in [4.69, 9.17) is 4.74 Å². The fourth-order valence-corrected chi connectivity index (χ4v) is 2.38. The van der Waals surface area contributed by atoms with Crippen molar-refractivity contribution in [2.45, 2.75) is 25.7 Å². The van der Waals surface area contributed by atoms with Crippen LogP contribution >= 0.6 is 0 Å². The summed E-state index contributed by atoms with van der Waals surface area (Å²) in [6.45, 7) is 1.09. The van der Waals surface area contributed by atoms with Gasteiger partial charge in [0.1, 0.15) is 12.2 Å². The first-order valence-electron chi connectivity index (χ1n) is 7.01. The van der Waals surface area contributed by atoms with Crippen molar-refractivity contribution in [3.8, 4) is 0 Å². The fraction of sp³-hybridized carbons (Fsp3) is 0.769. The lowest BCUT2D eigenvalue weighted by molar-refractivity contribution is 0.0852. The van der Waals surface area contributed by atoms with Gasteiger partial charge >= 0.3 is 6.09 Å². The lowest BCUT2D eigenvalue weighted by Crippen LogP contribution is -2.39. The monoisotopic (exact) mass is 284 g/mol. The third-order valence-electron chi connectivity index (χ3n) is 3.65. The molecule has 0 radical (unpaired) electrons. The van der Waals surface area contributed by atoms with E-state index in [-0.39, 0.29) is 19.1 Å². The number of aryl methyl sites for hydroxylation is 1. The summed E-state index contributed by atoms with van der Waals surface area (Å²) in [5, 5.41) is 7.96. The average molecular weight is 284 g/mol. The number of hydrogen-bond acceptors (Lipinski definition) is 4. The van der Waals surface area contributed by atoms with Crippen molar-refractivity contribution in [1.29, 1.82) is 0 Å². The Morgan fingerprint density at radius 2 is 2.25 bits per heavy atom. The fourth-order valence-electron chi connectivity index (χ4n) is 2.38. The van der Waals surface area contributed by atoms with E-state index in [2.05, 4.69) is 10.2 Å². The van der Waals surface area contributed by atoms with Gasteiger partial charge in [0.05, 0.1) is 13.3 Å². The standard InChI is InChI=1S/C13H21FN4O2/c1-17-10-15-16-12(17)9-11-3-6-18(7-4-11)13(19)20-8-2-5-14/h10-11H,2-9H2,1H3. The number of likely N-dealkylation sites (tertiary alicyclic amines) is 1. The SMILES string of the molecule is Cn1cnnc1CC1CCN(C(=O)OCCCF)CC1. The largest absolute Gasteiger partial charge is 0.449 e. The molecule has 6 nitrogen and oxygen atoms in total. The Kier molecular flexibility index (Phi) is 5.31. The van der Waals surface area contributed by atoms with Crippen molar-refractivity contribution >= 4 is 6.09 Å². The van der Waals surface area contributed by atoms with Gasteiger partial charge in [-0.2, -0.15) is 0 Å². The van der Waals surface area contributed by atoms with Gasteiger partial charge in [0.15, 0.2) is 0 Å². The predicted octanol–water partition coefficient (Wildman–Crippen LogP) is 1.57. The normalized spacial score (nSPS) is 16.4. The first-order valence-corrected chi connectivity index (χ1v) is 7.01. The molecule has 0 spiro atoms. The van der Waals surface area contributed by atoms with Crippen LogP contribution in [0.2, 0.25) is 0 Å². The lowest BCUT2D eigenvalue weighted by atomic mass is 9.93. The molecule has 0 bridgehead atoms. The zero-order valence-electron chi connectivity index (χ0n) is 11.8. The van der Waals surface area contributed by atoms with Gasteiger partial charge < -0.3 is 14.2 Å². The van der Waals surface area contributed by atoms with Gasteiger partial charge in [0.25, 0.3) is 0 Å². The van der Waals surface area contributed by atoms with Gasteiger partial charge in [-0.1, -0.05) is 0 Å². The van der Waals surface area contributed by atoms with Crippen LogP contribution in [0.25, 0.3) is 0 Å². The highest BCUT2D eigenvalue weighted by Crippen LogP contribution is 2.21. The van der Waals surface area contributed by atoms with E-state index in [9.17, 15) is 9.18 Å². The summed E-state index contributed by atoms with van der Waals surface area (Å²) < 4.78 is 18.9. The van der Waals surface area contributed by atoms with Crippen LogP contribution in [0, 0.1) is 5.92 Å². The number of amides is 1. The second-order valence-electron chi connectivity index (χ2n) is 5.15. The molecule has 0 unspecified atom stereocenters. The number of alkyl halides is 1. The molecule has 0 N–H and O–H groups in total. The number of carbonyl (C=O) groups excluding carboxylic acids is 1. The maximum atomic E-state index is 11.9. The summed E-state index contributed by atoms with van der Waals surface area (Å²) >= 11 is 0. The van der Waals surface area contributed by atoms with Crippen LogP contribution in [0.4, 0.5) is 9.18 Å². The molecule has 0 aromatic carbocycles. The molecule has 1 fully saturated rings. The van der Waals surface area contributed by atoms with Gasteiger partial charge in [0, 0.05) is 33.0 Å². The van der Waals surface area contributed by atoms with Crippen molar-refractivity contribution in [3.05, 3.63) is 12.2 Å². The van der Waals surface area contributed by atoms with Crippen molar-refractivity contribution in [3.63, 3.8) is 0 Å². The van der Waals surface area contributed by atoms with Crippen molar-refractivity contribution in [1.82, 2.24) is 19.7 Å². The molecule has 0 atom stereocenters. The zero-order chi connectivity index (χ0) is 14.4. The highest BCUT2D eigenvalue weighted by molar-refractivity contribution is 5.67. The molecule has 0 aliphatic carbocycles. The van der Waals surface area contributed by atoms with Gasteiger partial charge in [0.2, 0.25) is 0 Å². The Balaban J connectivity index is 1.72. The van der Waals surface area contributed by atoms with Crippen LogP contribution in [0.1, 0.15) is 25.1 Å². The quantitative estimate of drug-likeness (QED) is 0.770. The molecule has 1 aliphatic rings. The number of aromatic nitrogens is 3. The number of carbonyl (C=O) groups is 1. The van der Waals surface area contributed by atoms with E-state index >= 15 is 0 Å². The minimum absolute atomic E-state index is 0.161. The third-order valence-corrected chi connectivity index (χ3v) is 3.65. The van der Waals surface area contributed by atoms with Crippen LogP contribution < -0.4 is 0 Å². The Morgan fingerprint density at radius 3 is 2.85 bits per heavy atom. The minimum atomic E-state index is -0.451. The molecular weight excluding hydrogens is 263 g/mol. The van der Waals surface area contributed by atoms with E-state index in [1.165, 1.54) is 0 Å². The second kappa shape index (κ2) is 7.21. The summed E-state index contributed by atoms with van der Waals surface area (Å²) in [4.78, 5) is 13.4. The zero-order valence-corrected chi connectivity index (χ0v) is 11.8. The van der Waals surface area contributed by atoms with Gasteiger partial charge in [-0.05, 0) is 18.8 Å². The van der Waals surface area contributed by atoms with Crippen LogP contribution in [0.3, 0.4) is 0 Å². The summed E-state index contributed by atoms with van der Waals surface area (Å²) in [5.41, 5.74) is 0. The maximum absolute atomic E-state index is 11.9. The third kappa shape index (κ3) is 3.91. The minimum Gasteiger partial charge on any atom is -0.449 e. The Hall–Kier alpha value is -1.66. The molecule has 112 valence electrons. The predicted molar refractivity (Wildman–Crippen MR) is 70.9 cm³/mol. The van der Waals surface area contributed by atoms with Crippen LogP contribution in [-0.4, -0.2) is 52.1 Å². The number of ether oxygens (including phenoxy) is 1. The van der Waals surface area contributed by atoms with Crippen molar-refractivity contribution in [2.75, 3.05) is 26.4 Å². The highest BCUT2D eigenvalue weighted by Gasteiger charge is 2.24. The maximum Gasteiger partial charge on any atom is 0.409 e. The molecule has 1 aliphatic heterocycles. The number of hydrogen-bond donors (Lipinski definition) is 0. The first-order chi connectivity index (χ1) is 9.70.